The lowest BCUT2D eigenvalue weighted by Gasteiger charge is -2.26. The Morgan fingerprint density at radius 1 is 0.967 bits per heavy atom. The summed E-state index contributed by atoms with van der Waals surface area (Å²) in [6.45, 7) is 5.73. The number of nitrogens with one attached hydrogen (secondary N) is 1. The molecule has 0 unspecified atom stereocenters. The van der Waals surface area contributed by atoms with E-state index in [2.05, 4.69) is 42.3 Å². The first-order valence-corrected chi connectivity index (χ1v) is 11.1. The van der Waals surface area contributed by atoms with Crippen LogP contribution < -0.4 is 5.32 Å². The van der Waals surface area contributed by atoms with Crippen LogP contribution in [0.2, 0.25) is 0 Å². The number of benzene rings is 2. The highest BCUT2D eigenvalue weighted by Gasteiger charge is 2.18. The molecule has 0 atom stereocenters. The summed E-state index contributed by atoms with van der Waals surface area (Å²) in [7, 11) is 0. The van der Waals surface area contributed by atoms with Gasteiger partial charge in [-0.05, 0) is 69.0 Å². The van der Waals surface area contributed by atoms with Crippen molar-refractivity contribution in [3.63, 3.8) is 0 Å². The van der Waals surface area contributed by atoms with Crippen molar-refractivity contribution < 1.29 is 9.59 Å². The van der Waals surface area contributed by atoms with Crippen molar-refractivity contribution in [1.82, 2.24) is 9.88 Å². The third-order valence-corrected chi connectivity index (χ3v) is 6.19. The third kappa shape index (κ3) is 4.44. The maximum Gasteiger partial charge on any atom is 0.257 e. The second kappa shape index (κ2) is 8.79. The Kier molecular flexibility index (Phi) is 5.95. The molecule has 2 amide bonds. The van der Waals surface area contributed by atoms with E-state index in [-0.39, 0.29) is 11.8 Å². The van der Waals surface area contributed by atoms with Crippen LogP contribution in [0.3, 0.4) is 0 Å². The number of likely N-dealkylation sites (tertiary alicyclic amines) is 1. The molecule has 5 nitrogen and oxygen atoms in total. The topological polar surface area (TPSA) is 62.3 Å². The van der Waals surface area contributed by atoms with Crippen molar-refractivity contribution >= 4 is 28.3 Å². The first-order valence-electron chi connectivity index (χ1n) is 10.2. The predicted octanol–water partition coefficient (Wildman–Crippen LogP) is 5.31. The van der Waals surface area contributed by atoms with Crippen molar-refractivity contribution in [3.05, 3.63) is 70.1 Å². The summed E-state index contributed by atoms with van der Waals surface area (Å²) in [5.74, 6) is -0.186. The average molecular weight is 420 g/mol. The van der Waals surface area contributed by atoms with E-state index in [0.29, 0.717) is 16.3 Å². The number of rotatable bonds is 4. The number of thiazole rings is 1. The summed E-state index contributed by atoms with van der Waals surface area (Å²) in [5, 5.41) is 5.38. The molecule has 1 N–H and O–H groups in total. The number of carbonyl (C=O) groups excluding carboxylic acids is 2. The standard InChI is InChI=1S/C24H25N3O2S/c1-16-6-7-17(2)20(14-16)21-15-30-24(25-21)26-22(28)18-8-10-19(11-9-18)23(29)27-12-4-3-5-13-27/h6-11,14-15H,3-5,12-13H2,1-2H3,(H,25,26,28). The van der Waals surface area contributed by atoms with E-state index in [9.17, 15) is 9.59 Å². The first kappa shape index (κ1) is 20.3. The SMILES string of the molecule is Cc1ccc(C)c(-c2csc(NC(=O)c3ccc(C(=O)N4CCCCC4)cc3)n2)c1. The molecule has 2 aromatic carbocycles. The molecule has 0 radical (unpaired) electrons. The van der Waals surface area contributed by atoms with E-state index in [0.717, 1.165) is 42.8 Å². The number of hydrogen-bond acceptors (Lipinski definition) is 4. The molecule has 3 aromatic rings. The highest BCUT2D eigenvalue weighted by Crippen LogP contribution is 2.28. The Morgan fingerprint density at radius 3 is 2.40 bits per heavy atom. The molecule has 30 heavy (non-hydrogen) atoms. The van der Waals surface area contributed by atoms with Crippen LogP contribution in [0.25, 0.3) is 11.3 Å². The summed E-state index contributed by atoms with van der Waals surface area (Å²) in [6.07, 6.45) is 3.30. The van der Waals surface area contributed by atoms with Crippen LogP contribution in [0.1, 0.15) is 51.1 Å². The van der Waals surface area contributed by atoms with Gasteiger partial charge in [-0.3, -0.25) is 14.9 Å². The lowest BCUT2D eigenvalue weighted by atomic mass is 10.0. The Bertz CT molecular complexity index is 1070. The van der Waals surface area contributed by atoms with Crippen LogP contribution in [-0.4, -0.2) is 34.8 Å². The fraction of sp³-hybridized carbons (Fsp3) is 0.292. The zero-order valence-corrected chi connectivity index (χ0v) is 18.1. The van der Waals surface area contributed by atoms with Crippen LogP contribution in [-0.2, 0) is 0 Å². The van der Waals surface area contributed by atoms with Crippen LogP contribution in [0.15, 0.2) is 47.8 Å². The molecule has 0 bridgehead atoms. The number of piperidine rings is 1. The quantitative estimate of drug-likeness (QED) is 0.624. The number of aryl methyl sites for hydroxylation is 2. The minimum absolute atomic E-state index is 0.0414. The number of nitrogens with zero attached hydrogens (tertiary/aromatic N) is 2. The summed E-state index contributed by atoms with van der Waals surface area (Å²) in [6, 6.07) is 13.1. The molecule has 4 rings (SSSR count). The predicted molar refractivity (Wildman–Crippen MR) is 121 cm³/mol. The van der Waals surface area contributed by atoms with Gasteiger partial charge in [0.05, 0.1) is 5.69 Å². The van der Waals surface area contributed by atoms with Crippen molar-refractivity contribution in [2.24, 2.45) is 0 Å². The highest BCUT2D eigenvalue weighted by atomic mass is 32.1. The number of hydrogen-bond donors (Lipinski definition) is 1. The Hall–Kier alpha value is -2.99. The van der Waals surface area contributed by atoms with Gasteiger partial charge in [-0.25, -0.2) is 4.98 Å². The third-order valence-electron chi connectivity index (χ3n) is 5.43. The molecule has 1 aliphatic heterocycles. The van der Waals surface area contributed by atoms with Crippen molar-refractivity contribution in [1.29, 1.82) is 0 Å². The molecule has 0 aliphatic carbocycles. The van der Waals surface area contributed by atoms with Crippen molar-refractivity contribution in [3.8, 4) is 11.3 Å². The van der Waals surface area contributed by atoms with E-state index in [1.807, 2.05) is 10.3 Å². The fourth-order valence-electron chi connectivity index (χ4n) is 3.68. The highest BCUT2D eigenvalue weighted by molar-refractivity contribution is 7.14. The largest absolute Gasteiger partial charge is 0.339 e. The minimum Gasteiger partial charge on any atom is -0.339 e. The molecule has 1 aromatic heterocycles. The zero-order valence-electron chi connectivity index (χ0n) is 17.3. The minimum atomic E-state index is -0.228. The second-order valence-corrected chi connectivity index (χ2v) is 8.60. The van der Waals surface area contributed by atoms with Crippen LogP contribution in [0.4, 0.5) is 5.13 Å². The van der Waals surface area contributed by atoms with Crippen LogP contribution >= 0.6 is 11.3 Å². The monoisotopic (exact) mass is 419 g/mol. The Balaban J connectivity index is 1.43. The van der Waals surface area contributed by atoms with Gasteiger partial charge in [-0.1, -0.05) is 17.7 Å². The van der Waals surface area contributed by atoms with Gasteiger partial charge in [0.25, 0.3) is 11.8 Å². The molecular formula is C24H25N3O2S. The number of anilines is 1. The van der Waals surface area contributed by atoms with Gasteiger partial charge in [0.2, 0.25) is 0 Å². The normalized spacial score (nSPS) is 13.9. The summed E-state index contributed by atoms with van der Waals surface area (Å²) >= 11 is 1.40. The van der Waals surface area contributed by atoms with Crippen molar-refractivity contribution in [2.75, 3.05) is 18.4 Å². The Labute approximate surface area is 180 Å². The second-order valence-electron chi connectivity index (χ2n) is 7.74. The summed E-state index contributed by atoms with van der Waals surface area (Å²) in [5.41, 5.74) is 5.39. The van der Waals surface area contributed by atoms with E-state index < -0.39 is 0 Å². The van der Waals surface area contributed by atoms with E-state index in [4.69, 9.17) is 0 Å². The van der Waals surface area contributed by atoms with Gasteiger partial charge < -0.3 is 4.90 Å². The molecule has 1 saturated heterocycles. The van der Waals surface area contributed by atoms with Gasteiger partial charge in [0.15, 0.2) is 5.13 Å². The van der Waals surface area contributed by atoms with Gasteiger partial charge in [0, 0.05) is 35.2 Å². The molecule has 0 saturated carbocycles. The van der Waals surface area contributed by atoms with Gasteiger partial charge in [-0.15, -0.1) is 11.3 Å². The van der Waals surface area contributed by atoms with Gasteiger partial charge in [0.1, 0.15) is 0 Å². The van der Waals surface area contributed by atoms with Crippen molar-refractivity contribution in [2.45, 2.75) is 33.1 Å². The lowest BCUT2D eigenvalue weighted by molar-refractivity contribution is 0.0724. The van der Waals surface area contributed by atoms with Crippen LogP contribution in [0, 0.1) is 13.8 Å². The molecule has 2 heterocycles. The molecule has 0 spiro atoms. The van der Waals surface area contributed by atoms with Crippen LogP contribution in [0.5, 0.6) is 0 Å². The summed E-state index contributed by atoms with van der Waals surface area (Å²) in [4.78, 5) is 31.7. The number of carbonyl (C=O) groups is 2. The first-order chi connectivity index (χ1) is 14.5. The molecule has 1 fully saturated rings. The molecule has 154 valence electrons. The fourth-order valence-corrected chi connectivity index (χ4v) is 4.39. The molecular weight excluding hydrogens is 394 g/mol. The maximum absolute atomic E-state index is 12.6. The number of aromatic nitrogens is 1. The van der Waals surface area contributed by atoms with E-state index >= 15 is 0 Å². The van der Waals surface area contributed by atoms with E-state index in [1.165, 1.54) is 23.3 Å². The summed E-state index contributed by atoms with van der Waals surface area (Å²) < 4.78 is 0. The average Bonchev–Trinajstić information content (AvgIpc) is 3.24. The van der Waals surface area contributed by atoms with Gasteiger partial charge >= 0.3 is 0 Å². The number of amides is 2. The van der Waals surface area contributed by atoms with E-state index in [1.54, 1.807) is 24.3 Å². The maximum atomic E-state index is 12.6. The molecule has 6 heteroatoms. The smallest absolute Gasteiger partial charge is 0.257 e. The molecule has 1 aliphatic rings. The zero-order chi connectivity index (χ0) is 21.1. The lowest BCUT2D eigenvalue weighted by Crippen LogP contribution is -2.35. The Morgan fingerprint density at radius 2 is 1.67 bits per heavy atom. The van der Waals surface area contributed by atoms with Gasteiger partial charge in [-0.2, -0.15) is 0 Å².